The quantitative estimate of drug-likeness (QED) is 0.509. The minimum atomic E-state index is -0.391. The first kappa shape index (κ1) is 24.2. The fourth-order valence-electron chi connectivity index (χ4n) is 4.85. The van der Waals surface area contributed by atoms with Gasteiger partial charge in [-0.05, 0) is 68.1 Å². The van der Waals surface area contributed by atoms with E-state index >= 15 is 0 Å². The van der Waals surface area contributed by atoms with Gasteiger partial charge in [-0.3, -0.25) is 14.4 Å². The van der Waals surface area contributed by atoms with E-state index in [1.807, 2.05) is 31.2 Å². The van der Waals surface area contributed by atoms with Gasteiger partial charge in [-0.15, -0.1) is 0 Å². The Balaban J connectivity index is 1.21. The molecule has 1 fully saturated rings. The summed E-state index contributed by atoms with van der Waals surface area (Å²) in [5.74, 6) is -0.815. The molecule has 2 heterocycles. The Kier molecular flexibility index (Phi) is 6.72. The SMILES string of the molecule is Cc1ccc(NC(=O)NCC2CCCN(C(=O)c3cccc(N4C(=O)c5ccccc5C4=O)c3)C2)cc1. The maximum absolute atomic E-state index is 13.3. The molecule has 0 aliphatic carbocycles. The maximum atomic E-state index is 13.3. The molecular formula is C29H28N4O4. The van der Waals surface area contributed by atoms with Crippen molar-refractivity contribution in [3.63, 3.8) is 0 Å². The fraction of sp³-hybridized carbons (Fsp3) is 0.241. The molecule has 0 spiro atoms. The van der Waals surface area contributed by atoms with Crippen LogP contribution in [-0.4, -0.2) is 48.3 Å². The van der Waals surface area contributed by atoms with Crippen molar-refractivity contribution in [2.24, 2.45) is 5.92 Å². The van der Waals surface area contributed by atoms with Crippen molar-refractivity contribution in [3.8, 4) is 0 Å². The number of fused-ring (bicyclic) bond motifs is 1. The highest BCUT2D eigenvalue weighted by atomic mass is 16.2. The molecule has 2 aliphatic heterocycles. The first-order valence-electron chi connectivity index (χ1n) is 12.4. The Morgan fingerprint density at radius 3 is 2.32 bits per heavy atom. The summed E-state index contributed by atoms with van der Waals surface area (Å²) in [6, 6.07) is 20.6. The molecular weight excluding hydrogens is 468 g/mol. The number of amides is 5. The molecule has 188 valence electrons. The molecule has 0 bridgehead atoms. The topological polar surface area (TPSA) is 98.8 Å². The Bertz CT molecular complexity index is 1330. The Morgan fingerprint density at radius 1 is 0.919 bits per heavy atom. The number of benzene rings is 3. The second kappa shape index (κ2) is 10.3. The lowest BCUT2D eigenvalue weighted by atomic mass is 9.97. The number of rotatable bonds is 5. The lowest BCUT2D eigenvalue weighted by Gasteiger charge is -2.33. The summed E-state index contributed by atoms with van der Waals surface area (Å²) >= 11 is 0. The molecule has 5 rings (SSSR count). The van der Waals surface area contributed by atoms with E-state index in [1.54, 1.807) is 53.4 Å². The number of imide groups is 1. The summed E-state index contributed by atoms with van der Waals surface area (Å²) in [6.45, 7) is 3.57. The molecule has 3 aromatic rings. The van der Waals surface area contributed by atoms with Crippen molar-refractivity contribution in [1.82, 2.24) is 10.2 Å². The van der Waals surface area contributed by atoms with Gasteiger partial charge in [0, 0.05) is 30.9 Å². The third kappa shape index (κ3) is 5.09. The molecule has 2 aliphatic rings. The van der Waals surface area contributed by atoms with Crippen molar-refractivity contribution in [3.05, 3.63) is 95.1 Å². The average molecular weight is 497 g/mol. The van der Waals surface area contributed by atoms with E-state index in [9.17, 15) is 19.2 Å². The summed E-state index contributed by atoms with van der Waals surface area (Å²) in [4.78, 5) is 54.3. The van der Waals surface area contributed by atoms with Crippen LogP contribution in [0.25, 0.3) is 0 Å². The van der Waals surface area contributed by atoms with Crippen LogP contribution in [0.3, 0.4) is 0 Å². The van der Waals surface area contributed by atoms with Crippen LogP contribution in [0.1, 0.15) is 49.5 Å². The molecule has 37 heavy (non-hydrogen) atoms. The molecule has 0 aromatic heterocycles. The number of nitrogens with one attached hydrogen (secondary N) is 2. The summed E-state index contributed by atoms with van der Waals surface area (Å²) in [6.07, 6.45) is 1.74. The van der Waals surface area contributed by atoms with Gasteiger partial charge >= 0.3 is 6.03 Å². The van der Waals surface area contributed by atoms with Gasteiger partial charge in [0.25, 0.3) is 17.7 Å². The number of likely N-dealkylation sites (tertiary alicyclic amines) is 1. The van der Waals surface area contributed by atoms with Crippen molar-refractivity contribution in [2.75, 3.05) is 29.9 Å². The molecule has 1 atom stereocenters. The van der Waals surface area contributed by atoms with Crippen LogP contribution in [0.15, 0.2) is 72.8 Å². The molecule has 2 N–H and O–H groups in total. The third-order valence-electron chi connectivity index (χ3n) is 6.81. The van der Waals surface area contributed by atoms with Crippen molar-refractivity contribution < 1.29 is 19.2 Å². The monoisotopic (exact) mass is 496 g/mol. The van der Waals surface area contributed by atoms with Crippen LogP contribution >= 0.6 is 0 Å². The van der Waals surface area contributed by atoms with Crippen LogP contribution in [0.4, 0.5) is 16.2 Å². The average Bonchev–Trinajstić information content (AvgIpc) is 3.18. The maximum Gasteiger partial charge on any atom is 0.319 e. The molecule has 8 nitrogen and oxygen atoms in total. The predicted molar refractivity (Wildman–Crippen MR) is 141 cm³/mol. The highest BCUT2D eigenvalue weighted by molar-refractivity contribution is 6.34. The van der Waals surface area contributed by atoms with E-state index in [4.69, 9.17) is 0 Å². The van der Waals surface area contributed by atoms with Crippen LogP contribution in [0.2, 0.25) is 0 Å². The van der Waals surface area contributed by atoms with Gasteiger partial charge in [-0.1, -0.05) is 35.9 Å². The Labute approximate surface area is 215 Å². The molecule has 1 unspecified atom stereocenters. The summed E-state index contributed by atoms with van der Waals surface area (Å²) < 4.78 is 0. The fourth-order valence-corrected chi connectivity index (χ4v) is 4.85. The van der Waals surface area contributed by atoms with Gasteiger partial charge < -0.3 is 15.5 Å². The smallest absolute Gasteiger partial charge is 0.319 e. The number of hydrogen-bond donors (Lipinski definition) is 2. The molecule has 0 saturated carbocycles. The van der Waals surface area contributed by atoms with E-state index in [2.05, 4.69) is 10.6 Å². The van der Waals surface area contributed by atoms with Gasteiger partial charge in [0.05, 0.1) is 16.8 Å². The minimum Gasteiger partial charge on any atom is -0.338 e. The number of carbonyl (C=O) groups excluding carboxylic acids is 4. The third-order valence-corrected chi connectivity index (χ3v) is 6.81. The first-order chi connectivity index (χ1) is 17.9. The number of anilines is 2. The van der Waals surface area contributed by atoms with E-state index in [-0.39, 0.29) is 17.9 Å². The van der Waals surface area contributed by atoms with Crippen LogP contribution in [0.5, 0.6) is 0 Å². The lowest BCUT2D eigenvalue weighted by Crippen LogP contribution is -2.44. The van der Waals surface area contributed by atoms with E-state index < -0.39 is 11.8 Å². The van der Waals surface area contributed by atoms with Gasteiger partial charge in [0.15, 0.2) is 0 Å². The largest absolute Gasteiger partial charge is 0.338 e. The first-order valence-corrected chi connectivity index (χ1v) is 12.4. The van der Waals surface area contributed by atoms with Gasteiger partial charge in [-0.25, -0.2) is 9.69 Å². The molecule has 8 heteroatoms. The number of piperidine rings is 1. The number of nitrogens with zero attached hydrogens (tertiary/aromatic N) is 2. The highest BCUT2D eigenvalue weighted by Gasteiger charge is 2.36. The van der Waals surface area contributed by atoms with E-state index in [0.717, 1.165) is 29.0 Å². The second-order valence-electron chi connectivity index (χ2n) is 9.50. The highest BCUT2D eigenvalue weighted by Crippen LogP contribution is 2.29. The number of carbonyl (C=O) groups is 4. The zero-order valence-electron chi connectivity index (χ0n) is 20.6. The number of aryl methyl sites for hydroxylation is 1. The standard InChI is InChI=1S/C29H28N4O4/c1-19-11-13-22(14-12-19)31-29(37)30-17-20-6-5-15-32(18-20)26(34)21-7-4-8-23(16-21)33-27(35)24-9-2-3-10-25(24)28(33)36/h2-4,7-14,16,20H,5-6,15,17-18H2,1H3,(H2,30,31,37). The summed E-state index contributed by atoms with van der Waals surface area (Å²) in [5.41, 5.74) is 3.36. The normalized spacial score (nSPS) is 16.9. The van der Waals surface area contributed by atoms with E-state index in [1.165, 1.54) is 0 Å². The lowest BCUT2D eigenvalue weighted by molar-refractivity contribution is 0.0674. The van der Waals surface area contributed by atoms with Crippen molar-refractivity contribution in [1.29, 1.82) is 0 Å². The number of urea groups is 1. The van der Waals surface area contributed by atoms with Crippen molar-refractivity contribution >= 4 is 35.1 Å². The van der Waals surface area contributed by atoms with Gasteiger partial charge in [-0.2, -0.15) is 0 Å². The van der Waals surface area contributed by atoms with Crippen LogP contribution in [-0.2, 0) is 0 Å². The summed E-state index contributed by atoms with van der Waals surface area (Å²) in [5, 5.41) is 5.73. The number of hydrogen-bond acceptors (Lipinski definition) is 4. The van der Waals surface area contributed by atoms with Gasteiger partial charge in [0.1, 0.15) is 0 Å². The molecule has 3 aromatic carbocycles. The second-order valence-corrected chi connectivity index (χ2v) is 9.50. The van der Waals surface area contributed by atoms with Crippen LogP contribution < -0.4 is 15.5 Å². The Hall–Kier alpha value is -4.46. The molecule has 0 radical (unpaired) electrons. The van der Waals surface area contributed by atoms with Crippen LogP contribution in [0, 0.1) is 12.8 Å². The van der Waals surface area contributed by atoms with E-state index in [0.29, 0.717) is 42.0 Å². The molecule has 5 amide bonds. The minimum absolute atomic E-state index is 0.126. The zero-order valence-corrected chi connectivity index (χ0v) is 20.6. The summed E-state index contributed by atoms with van der Waals surface area (Å²) in [7, 11) is 0. The Morgan fingerprint density at radius 2 is 1.62 bits per heavy atom. The van der Waals surface area contributed by atoms with Crippen molar-refractivity contribution in [2.45, 2.75) is 19.8 Å². The van der Waals surface area contributed by atoms with Gasteiger partial charge in [0.2, 0.25) is 0 Å². The molecule has 1 saturated heterocycles. The zero-order chi connectivity index (χ0) is 25.9. The predicted octanol–water partition coefficient (Wildman–Crippen LogP) is 4.47.